The summed E-state index contributed by atoms with van der Waals surface area (Å²) in [6.45, 7) is 0.902. The number of hydrogen-bond donors (Lipinski definition) is 1. The van der Waals surface area contributed by atoms with Crippen LogP contribution in [0.1, 0.15) is 32.6 Å². The zero-order chi connectivity index (χ0) is 22.0. The van der Waals surface area contributed by atoms with Crippen molar-refractivity contribution in [3.63, 3.8) is 0 Å². The Hall–Kier alpha value is -3.32. The van der Waals surface area contributed by atoms with Gasteiger partial charge >= 0.3 is 6.18 Å². The van der Waals surface area contributed by atoms with Crippen LogP contribution in [0.15, 0.2) is 71.8 Å². The molecule has 1 N–H and O–H groups in total. The van der Waals surface area contributed by atoms with Crippen molar-refractivity contribution in [3.8, 4) is 0 Å². The van der Waals surface area contributed by atoms with Crippen LogP contribution in [0.4, 0.5) is 18.9 Å². The smallest absolute Gasteiger partial charge is 0.363 e. The summed E-state index contributed by atoms with van der Waals surface area (Å²) >= 11 is 5.83. The first-order chi connectivity index (χ1) is 14.8. The van der Waals surface area contributed by atoms with Gasteiger partial charge in [0.1, 0.15) is 0 Å². The number of benzene rings is 3. The van der Waals surface area contributed by atoms with Gasteiger partial charge in [0.2, 0.25) is 0 Å². The molecule has 0 aromatic heterocycles. The molecular weight excluding hydrogens is 427 g/mol. The minimum atomic E-state index is -4.39. The van der Waals surface area contributed by atoms with E-state index in [1.807, 2.05) is 11.0 Å². The van der Waals surface area contributed by atoms with Gasteiger partial charge < -0.3 is 4.90 Å². The van der Waals surface area contributed by atoms with Crippen LogP contribution >= 0.6 is 11.6 Å². The molecule has 0 saturated carbocycles. The van der Waals surface area contributed by atoms with E-state index in [1.54, 1.807) is 42.5 Å². The molecule has 0 bridgehead atoms. The zero-order valence-electron chi connectivity index (χ0n) is 16.2. The quantitative estimate of drug-likeness (QED) is 0.419. The van der Waals surface area contributed by atoms with E-state index in [0.29, 0.717) is 29.4 Å². The molecule has 0 aliphatic carbocycles. The molecule has 0 fully saturated rings. The van der Waals surface area contributed by atoms with Gasteiger partial charge in [-0.15, -0.1) is 0 Å². The minimum absolute atomic E-state index is 0.370. The maximum absolute atomic E-state index is 13.0. The van der Waals surface area contributed by atoms with Crippen molar-refractivity contribution in [3.05, 3.63) is 99.6 Å². The first-order valence-electron chi connectivity index (χ1n) is 9.42. The first-order valence-corrected chi connectivity index (χ1v) is 9.80. The highest BCUT2D eigenvalue weighted by atomic mass is 35.5. The van der Waals surface area contributed by atoms with Crippen LogP contribution < -0.4 is 10.3 Å². The number of fused-ring (bicyclic) bond motifs is 1. The van der Waals surface area contributed by atoms with E-state index in [9.17, 15) is 18.0 Å². The van der Waals surface area contributed by atoms with Gasteiger partial charge in [0.05, 0.1) is 11.8 Å². The van der Waals surface area contributed by atoms with E-state index < -0.39 is 11.7 Å². The molecule has 0 radical (unpaired) electrons. The first kappa shape index (κ1) is 20.9. The lowest BCUT2D eigenvalue weighted by Gasteiger charge is -2.19. The number of amides is 1. The summed E-state index contributed by atoms with van der Waals surface area (Å²) in [6.07, 6.45) is -2.88. The largest absolute Gasteiger partial charge is 0.416 e. The van der Waals surface area contributed by atoms with Crippen LogP contribution in [0, 0.1) is 0 Å². The van der Waals surface area contributed by atoms with Gasteiger partial charge in [0.15, 0.2) is 0 Å². The molecule has 3 aromatic rings. The Morgan fingerprint density at radius 3 is 2.48 bits per heavy atom. The number of carbonyl (C=O) groups is 1. The third-order valence-corrected chi connectivity index (χ3v) is 5.23. The third kappa shape index (κ3) is 4.88. The van der Waals surface area contributed by atoms with Gasteiger partial charge in [0, 0.05) is 29.4 Å². The second-order valence-corrected chi connectivity index (χ2v) is 7.57. The zero-order valence-corrected chi connectivity index (χ0v) is 16.9. The minimum Gasteiger partial charge on any atom is -0.363 e. The summed E-state index contributed by atoms with van der Waals surface area (Å²) < 4.78 is 39.0. The van der Waals surface area contributed by atoms with E-state index in [-0.39, 0.29) is 5.91 Å². The Kier molecular flexibility index (Phi) is 5.69. The van der Waals surface area contributed by atoms with Crippen molar-refractivity contribution >= 4 is 29.4 Å². The average molecular weight is 444 g/mol. The van der Waals surface area contributed by atoms with Gasteiger partial charge in [-0.25, -0.2) is 5.43 Å². The van der Waals surface area contributed by atoms with E-state index in [2.05, 4.69) is 10.5 Å². The third-order valence-electron chi connectivity index (χ3n) is 4.98. The number of halogens is 4. The van der Waals surface area contributed by atoms with E-state index in [4.69, 9.17) is 11.6 Å². The highest BCUT2D eigenvalue weighted by molar-refractivity contribution is 6.30. The van der Waals surface area contributed by atoms with Crippen LogP contribution in [0.5, 0.6) is 0 Å². The van der Waals surface area contributed by atoms with Crippen LogP contribution in [-0.4, -0.2) is 12.1 Å². The molecule has 4 rings (SSSR count). The molecule has 3 aromatic carbocycles. The van der Waals surface area contributed by atoms with Crippen molar-refractivity contribution < 1.29 is 18.0 Å². The maximum atomic E-state index is 13.0. The number of hydrazone groups is 1. The fraction of sp³-hybridized carbons (Fsp3) is 0.130. The van der Waals surface area contributed by atoms with Gasteiger partial charge in [-0.2, -0.15) is 18.3 Å². The maximum Gasteiger partial charge on any atom is 0.416 e. The number of alkyl halides is 3. The molecule has 158 valence electrons. The Morgan fingerprint density at radius 2 is 1.74 bits per heavy atom. The summed E-state index contributed by atoms with van der Waals surface area (Å²) in [4.78, 5) is 14.3. The number of nitrogens with zero attached hydrogens (tertiary/aromatic N) is 2. The number of anilines is 1. The Bertz CT molecular complexity index is 1140. The molecule has 0 saturated heterocycles. The normalized spacial score (nSPS) is 13.5. The van der Waals surface area contributed by atoms with E-state index in [1.165, 1.54) is 12.3 Å². The summed E-state index contributed by atoms with van der Waals surface area (Å²) in [5.41, 5.74) is 5.37. The Labute approximate surface area is 182 Å². The predicted octanol–water partition coefficient (Wildman–Crippen LogP) is 5.64. The second kappa shape index (κ2) is 8.43. The standard InChI is InChI=1S/C23H17ClF3N3O/c24-20-8-4-15(5-9-20)12-28-29-22(31)16-6-7-17-13-30(14-18(17)10-16)21-3-1-2-19(11-21)23(25,26)27/h1-12H,13-14H2,(H,29,31)/b28-12+. The molecule has 8 heteroatoms. The number of rotatable bonds is 4. The van der Waals surface area contributed by atoms with Gasteiger partial charge in [-0.3, -0.25) is 4.79 Å². The van der Waals surface area contributed by atoms with Crippen LogP contribution in [0.2, 0.25) is 5.02 Å². The van der Waals surface area contributed by atoms with Crippen molar-refractivity contribution in [2.24, 2.45) is 5.10 Å². The molecular formula is C23H17ClF3N3O. The number of nitrogens with one attached hydrogen (secondary N) is 1. The molecule has 4 nitrogen and oxygen atoms in total. The summed E-state index contributed by atoms with van der Waals surface area (Å²) in [6, 6.07) is 17.5. The molecule has 0 unspecified atom stereocenters. The van der Waals surface area contributed by atoms with Crippen molar-refractivity contribution in [2.75, 3.05) is 4.90 Å². The predicted molar refractivity (Wildman–Crippen MR) is 114 cm³/mol. The second-order valence-electron chi connectivity index (χ2n) is 7.14. The molecule has 0 spiro atoms. The summed E-state index contributed by atoms with van der Waals surface area (Å²) in [7, 11) is 0. The molecule has 1 heterocycles. The SMILES string of the molecule is O=C(N/N=C/c1ccc(Cl)cc1)c1ccc2c(c1)CN(c1cccc(C(F)(F)F)c1)C2. The van der Waals surface area contributed by atoms with E-state index in [0.717, 1.165) is 28.8 Å². The lowest BCUT2D eigenvalue weighted by molar-refractivity contribution is -0.137. The topological polar surface area (TPSA) is 44.7 Å². The van der Waals surface area contributed by atoms with Gasteiger partial charge in [0.25, 0.3) is 5.91 Å². The Balaban J connectivity index is 1.44. The highest BCUT2D eigenvalue weighted by Crippen LogP contribution is 2.34. The van der Waals surface area contributed by atoms with Crippen molar-refractivity contribution in [1.29, 1.82) is 0 Å². The highest BCUT2D eigenvalue weighted by Gasteiger charge is 2.31. The molecule has 1 aliphatic heterocycles. The monoisotopic (exact) mass is 443 g/mol. The molecule has 1 amide bonds. The Morgan fingerprint density at radius 1 is 1.00 bits per heavy atom. The lowest BCUT2D eigenvalue weighted by atomic mass is 10.1. The van der Waals surface area contributed by atoms with Gasteiger partial charge in [-0.05, 0) is 59.2 Å². The van der Waals surface area contributed by atoms with Crippen LogP contribution in [0.3, 0.4) is 0 Å². The van der Waals surface area contributed by atoms with E-state index >= 15 is 0 Å². The van der Waals surface area contributed by atoms with Crippen LogP contribution in [-0.2, 0) is 19.3 Å². The van der Waals surface area contributed by atoms with Crippen molar-refractivity contribution in [1.82, 2.24) is 5.43 Å². The number of carbonyl (C=O) groups excluding carboxylic acids is 1. The summed E-state index contributed by atoms with van der Waals surface area (Å²) in [5.74, 6) is -0.370. The fourth-order valence-electron chi connectivity index (χ4n) is 3.38. The molecule has 31 heavy (non-hydrogen) atoms. The van der Waals surface area contributed by atoms with Crippen LogP contribution in [0.25, 0.3) is 0 Å². The molecule has 1 aliphatic rings. The summed E-state index contributed by atoms with van der Waals surface area (Å²) in [5, 5.41) is 4.56. The van der Waals surface area contributed by atoms with Gasteiger partial charge in [-0.1, -0.05) is 35.9 Å². The average Bonchev–Trinajstić information content (AvgIpc) is 3.18. The number of hydrogen-bond acceptors (Lipinski definition) is 3. The molecule has 0 atom stereocenters. The van der Waals surface area contributed by atoms with Crippen molar-refractivity contribution in [2.45, 2.75) is 19.3 Å². The lowest BCUT2D eigenvalue weighted by Crippen LogP contribution is -2.18. The fourth-order valence-corrected chi connectivity index (χ4v) is 3.50.